The molecule has 2 nitrogen and oxygen atoms in total. The quantitative estimate of drug-likeness (QED) is 0.567. The third kappa shape index (κ3) is 13.6. The maximum Gasteiger partial charge on any atom is -0.00183 e. The summed E-state index contributed by atoms with van der Waals surface area (Å²) in [6, 6.07) is 0. The Labute approximate surface area is 141 Å². The van der Waals surface area contributed by atoms with Gasteiger partial charge in [0.05, 0.1) is 0 Å². The fraction of sp³-hybridized carbons (Fsp3) is 1.00. The van der Waals surface area contributed by atoms with Crippen molar-refractivity contribution in [2.75, 3.05) is 39.3 Å². The van der Waals surface area contributed by atoms with Gasteiger partial charge in [0.15, 0.2) is 0 Å². The summed E-state index contributed by atoms with van der Waals surface area (Å²) < 4.78 is 0. The Morgan fingerprint density at radius 1 is 0.500 bits per heavy atom. The van der Waals surface area contributed by atoms with Crippen LogP contribution in [0.15, 0.2) is 0 Å². The van der Waals surface area contributed by atoms with Crippen molar-refractivity contribution < 1.29 is 0 Å². The summed E-state index contributed by atoms with van der Waals surface area (Å²) in [5, 5.41) is 0. The average Bonchev–Trinajstić information content (AvgIpc) is 3.21. The Balaban J connectivity index is 0.000000306. The van der Waals surface area contributed by atoms with Crippen molar-refractivity contribution in [2.24, 2.45) is 0 Å². The lowest BCUT2D eigenvalue weighted by Gasteiger charge is -2.11. The van der Waals surface area contributed by atoms with Crippen LogP contribution < -0.4 is 0 Å². The minimum absolute atomic E-state index is 1.32. The van der Waals surface area contributed by atoms with Gasteiger partial charge in [-0.1, -0.05) is 53.4 Å². The normalized spacial score (nSPS) is 18.5. The smallest absolute Gasteiger partial charge is 0.00183 e. The molecule has 0 aromatic rings. The molecule has 2 heterocycles. The van der Waals surface area contributed by atoms with Gasteiger partial charge in [-0.25, -0.2) is 0 Å². The second kappa shape index (κ2) is 17.3. The molecule has 134 valence electrons. The van der Waals surface area contributed by atoms with Gasteiger partial charge in [-0.15, -0.1) is 0 Å². The molecule has 2 aliphatic rings. The summed E-state index contributed by atoms with van der Waals surface area (Å²) in [4.78, 5) is 5.08. The topological polar surface area (TPSA) is 6.48 Å². The highest BCUT2D eigenvalue weighted by molar-refractivity contribution is 4.64. The van der Waals surface area contributed by atoms with Crippen LogP contribution in [0.2, 0.25) is 0 Å². The van der Waals surface area contributed by atoms with Gasteiger partial charge < -0.3 is 9.80 Å². The first-order chi connectivity index (χ1) is 10.8. The molecule has 0 radical (unpaired) electrons. The largest absolute Gasteiger partial charge is 0.303 e. The standard InChI is InChI=1S/2C7H15N.C6H14/c2*1-2-5-8-6-3-4-7-8;1-3-5-6-4-2/h2*2-7H2,1H3;3-6H2,1-2H3. The van der Waals surface area contributed by atoms with Gasteiger partial charge in [0.2, 0.25) is 0 Å². The van der Waals surface area contributed by atoms with Crippen molar-refractivity contribution >= 4 is 0 Å². The van der Waals surface area contributed by atoms with E-state index >= 15 is 0 Å². The zero-order valence-corrected chi connectivity index (χ0v) is 16.2. The Kier molecular flexibility index (Phi) is 17.2. The summed E-state index contributed by atoms with van der Waals surface area (Å²) in [6.07, 6.45) is 13.9. The molecule has 2 heteroatoms. The minimum atomic E-state index is 1.32. The third-order valence-electron chi connectivity index (χ3n) is 4.43. The molecule has 0 aromatic carbocycles. The van der Waals surface area contributed by atoms with Crippen molar-refractivity contribution in [1.82, 2.24) is 9.80 Å². The number of unbranched alkanes of at least 4 members (excludes halogenated alkanes) is 3. The molecule has 22 heavy (non-hydrogen) atoms. The first kappa shape index (κ1) is 21.9. The van der Waals surface area contributed by atoms with E-state index in [2.05, 4.69) is 37.5 Å². The number of rotatable bonds is 7. The molecule has 2 aliphatic heterocycles. The van der Waals surface area contributed by atoms with E-state index in [1.807, 2.05) is 0 Å². The average molecular weight is 313 g/mol. The van der Waals surface area contributed by atoms with Gasteiger partial charge in [-0.3, -0.25) is 0 Å². The molecule has 0 aromatic heterocycles. The monoisotopic (exact) mass is 312 g/mol. The van der Waals surface area contributed by atoms with E-state index in [0.717, 1.165) is 0 Å². The number of likely N-dealkylation sites (tertiary alicyclic amines) is 2. The fourth-order valence-corrected chi connectivity index (χ4v) is 3.14. The summed E-state index contributed by atoms with van der Waals surface area (Å²) in [6.45, 7) is 17.0. The van der Waals surface area contributed by atoms with E-state index in [1.165, 1.54) is 103 Å². The molecule has 2 fully saturated rings. The molecule has 0 N–H and O–H groups in total. The zero-order chi connectivity index (χ0) is 16.5. The Bertz CT molecular complexity index is 172. The van der Waals surface area contributed by atoms with Gasteiger partial charge in [0.1, 0.15) is 0 Å². The van der Waals surface area contributed by atoms with Crippen LogP contribution in [0.5, 0.6) is 0 Å². The van der Waals surface area contributed by atoms with E-state index in [1.54, 1.807) is 0 Å². The highest BCUT2D eigenvalue weighted by Gasteiger charge is 2.09. The minimum Gasteiger partial charge on any atom is -0.303 e. The van der Waals surface area contributed by atoms with Crippen LogP contribution in [0.4, 0.5) is 0 Å². The van der Waals surface area contributed by atoms with Crippen LogP contribution in [0.1, 0.15) is 91.9 Å². The van der Waals surface area contributed by atoms with E-state index in [9.17, 15) is 0 Å². The summed E-state index contributed by atoms with van der Waals surface area (Å²) in [7, 11) is 0. The fourth-order valence-electron chi connectivity index (χ4n) is 3.14. The van der Waals surface area contributed by atoms with Gasteiger partial charge in [0, 0.05) is 0 Å². The van der Waals surface area contributed by atoms with Crippen LogP contribution in [0, 0.1) is 0 Å². The van der Waals surface area contributed by atoms with Crippen LogP contribution in [0.3, 0.4) is 0 Å². The Morgan fingerprint density at radius 3 is 1.05 bits per heavy atom. The van der Waals surface area contributed by atoms with Crippen molar-refractivity contribution in [2.45, 2.75) is 91.9 Å². The zero-order valence-electron chi connectivity index (χ0n) is 16.2. The lowest BCUT2D eigenvalue weighted by Crippen LogP contribution is -2.19. The summed E-state index contributed by atoms with van der Waals surface area (Å²) >= 11 is 0. The van der Waals surface area contributed by atoms with Crippen LogP contribution in [-0.2, 0) is 0 Å². The Morgan fingerprint density at radius 2 is 0.818 bits per heavy atom. The summed E-state index contributed by atoms with van der Waals surface area (Å²) in [5.74, 6) is 0. The predicted octanol–water partition coefficient (Wildman–Crippen LogP) is 5.57. The lowest BCUT2D eigenvalue weighted by molar-refractivity contribution is 0.339. The van der Waals surface area contributed by atoms with E-state index in [0.29, 0.717) is 0 Å². The van der Waals surface area contributed by atoms with Crippen molar-refractivity contribution in [3.8, 4) is 0 Å². The highest BCUT2D eigenvalue weighted by atomic mass is 15.1. The SMILES string of the molecule is CCCCCC.CCCN1CCCC1.CCCN1CCCC1. The molecular formula is C20H44N2. The number of hydrogen-bond donors (Lipinski definition) is 0. The number of hydrogen-bond acceptors (Lipinski definition) is 2. The molecule has 0 atom stereocenters. The molecule has 2 rings (SSSR count). The van der Waals surface area contributed by atoms with E-state index in [4.69, 9.17) is 0 Å². The molecule has 0 bridgehead atoms. The van der Waals surface area contributed by atoms with Crippen LogP contribution in [0.25, 0.3) is 0 Å². The second-order valence-corrected chi connectivity index (χ2v) is 6.80. The lowest BCUT2D eigenvalue weighted by atomic mass is 10.2. The molecule has 0 unspecified atom stereocenters. The molecule has 0 spiro atoms. The van der Waals surface area contributed by atoms with E-state index < -0.39 is 0 Å². The van der Waals surface area contributed by atoms with Gasteiger partial charge >= 0.3 is 0 Å². The predicted molar refractivity (Wildman–Crippen MR) is 102 cm³/mol. The van der Waals surface area contributed by atoms with Crippen molar-refractivity contribution in [3.63, 3.8) is 0 Å². The second-order valence-electron chi connectivity index (χ2n) is 6.80. The highest BCUT2D eigenvalue weighted by Crippen LogP contribution is 2.07. The van der Waals surface area contributed by atoms with Crippen molar-refractivity contribution in [1.29, 1.82) is 0 Å². The third-order valence-corrected chi connectivity index (χ3v) is 4.43. The molecule has 0 amide bonds. The van der Waals surface area contributed by atoms with E-state index in [-0.39, 0.29) is 0 Å². The molecule has 0 saturated carbocycles. The molecular weight excluding hydrogens is 268 g/mol. The first-order valence-electron chi connectivity index (χ1n) is 10.2. The van der Waals surface area contributed by atoms with Gasteiger partial charge in [0.25, 0.3) is 0 Å². The first-order valence-corrected chi connectivity index (χ1v) is 10.2. The summed E-state index contributed by atoms with van der Waals surface area (Å²) in [5.41, 5.74) is 0. The number of nitrogens with zero attached hydrogens (tertiary/aromatic N) is 2. The van der Waals surface area contributed by atoms with Crippen LogP contribution >= 0.6 is 0 Å². The molecule has 0 aliphatic carbocycles. The maximum absolute atomic E-state index is 2.54. The van der Waals surface area contributed by atoms with Crippen LogP contribution in [-0.4, -0.2) is 49.1 Å². The van der Waals surface area contributed by atoms with Crippen molar-refractivity contribution in [3.05, 3.63) is 0 Å². The maximum atomic E-state index is 2.54. The van der Waals surface area contributed by atoms with Gasteiger partial charge in [-0.05, 0) is 77.8 Å². The van der Waals surface area contributed by atoms with Gasteiger partial charge in [-0.2, -0.15) is 0 Å². The Hall–Kier alpha value is -0.0800. The molecule has 2 saturated heterocycles.